The van der Waals surface area contributed by atoms with Crippen LogP contribution in [0.1, 0.15) is 30.6 Å². The van der Waals surface area contributed by atoms with Gasteiger partial charge in [0.2, 0.25) is 5.91 Å². The molecule has 0 saturated carbocycles. The van der Waals surface area contributed by atoms with Crippen molar-refractivity contribution in [1.29, 1.82) is 0 Å². The molecular weight excluding hydrogens is 247 g/mol. The SMILES string of the molecule is Cc1cc(N2CCNC(=O)CC2)c([C@@H](C)O)cc1F. The van der Waals surface area contributed by atoms with Gasteiger partial charge in [0, 0.05) is 37.3 Å². The zero-order chi connectivity index (χ0) is 14.0. The number of aliphatic hydroxyl groups excluding tert-OH is 1. The molecule has 0 bridgehead atoms. The normalized spacial score (nSPS) is 17.9. The Morgan fingerprint density at radius 3 is 2.84 bits per heavy atom. The molecule has 104 valence electrons. The van der Waals surface area contributed by atoms with Gasteiger partial charge in [0.25, 0.3) is 0 Å². The molecule has 2 N–H and O–H groups in total. The highest BCUT2D eigenvalue weighted by atomic mass is 19.1. The summed E-state index contributed by atoms with van der Waals surface area (Å²) in [6, 6.07) is 3.13. The molecule has 0 unspecified atom stereocenters. The number of aryl methyl sites for hydroxylation is 1. The molecule has 1 aromatic rings. The first kappa shape index (κ1) is 13.8. The standard InChI is InChI=1S/C14H19FN2O2/c1-9-7-13(11(10(2)18)8-12(9)15)17-5-3-14(19)16-4-6-17/h7-8,10,18H,3-6H2,1-2H3,(H,16,19)/t10-/m1/s1. The summed E-state index contributed by atoms with van der Waals surface area (Å²) in [6.45, 7) is 5.13. The van der Waals surface area contributed by atoms with Crippen LogP contribution in [0.4, 0.5) is 10.1 Å². The molecule has 1 aliphatic rings. The van der Waals surface area contributed by atoms with E-state index in [1.165, 1.54) is 6.07 Å². The van der Waals surface area contributed by atoms with Crippen LogP contribution in [0.3, 0.4) is 0 Å². The van der Waals surface area contributed by atoms with Crippen molar-refractivity contribution in [3.05, 3.63) is 29.1 Å². The minimum absolute atomic E-state index is 0.0277. The van der Waals surface area contributed by atoms with E-state index in [0.717, 1.165) is 5.69 Å². The first-order valence-electron chi connectivity index (χ1n) is 6.49. The molecule has 0 radical (unpaired) electrons. The molecule has 4 nitrogen and oxygen atoms in total. The number of amides is 1. The molecule has 2 rings (SSSR count). The number of benzene rings is 1. The third-order valence-corrected chi connectivity index (χ3v) is 3.41. The minimum Gasteiger partial charge on any atom is -0.389 e. The van der Waals surface area contributed by atoms with Crippen molar-refractivity contribution < 1.29 is 14.3 Å². The van der Waals surface area contributed by atoms with Crippen LogP contribution in [-0.2, 0) is 4.79 Å². The minimum atomic E-state index is -0.739. The molecule has 19 heavy (non-hydrogen) atoms. The van der Waals surface area contributed by atoms with E-state index in [2.05, 4.69) is 5.32 Å². The molecule has 0 spiro atoms. The largest absolute Gasteiger partial charge is 0.389 e. The number of carbonyl (C=O) groups is 1. The topological polar surface area (TPSA) is 52.6 Å². The van der Waals surface area contributed by atoms with Crippen LogP contribution >= 0.6 is 0 Å². The maximum atomic E-state index is 13.6. The highest BCUT2D eigenvalue weighted by molar-refractivity contribution is 5.77. The van der Waals surface area contributed by atoms with Crippen LogP contribution in [0.15, 0.2) is 12.1 Å². The van der Waals surface area contributed by atoms with Gasteiger partial charge in [-0.1, -0.05) is 0 Å². The van der Waals surface area contributed by atoms with Gasteiger partial charge in [0.1, 0.15) is 5.82 Å². The van der Waals surface area contributed by atoms with Crippen LogP contribution < -0.4 is 10.2 Å². The fraction of sp³-hybridized carbons (Fsp3) is 0.500. The van der Waals surface area contributed by atoms with E-state index in [0.29, 0.717) is 37.2 Å². The first-order chi connectivity index (χ1) is 8.99. The Morgan fingerprint density at radius 2 is 2.16 bits per heavy atom. The molecule has 1 aromatic carbocycles. The Kier molecular flexibility index (Phi) is 4.04. The molecule has 0 aliphatic carbocycles. The van der Waals surface area contributed by atoms with E-state index in [9.17, 15) is 14.3 Å². The lowest BCUT2D eigenvalue weighted by Crippen LogP contribution is -2.29. The number of anilines is 1. The molecule has 1 saturated heterocycles. The fourth-order valence-corrected chi connectivity index (χ4v) is 2.30. The zero-order valence-corrected chi connectivity index (χ0v) is 11.2. The summed E-state index contributed by atoms with van der Waals surface area (Å²) in [4.78, 5) is 13.4. The molecule has 1 aliphatic heterocycles. The highest BCUT2D eigenvalue weighted by Gasteiger charge is 2.19. The predicted octanol–water partition coefficient (Wildman–Crippen LogP) is 1.51. The van der Waals surface area contributed by atoms with E-state index in [4.69, 9.17) is 0 Å². The van der Waals surface area contributed by atoms with E-state index in [1.54, 1.807) is 19.9 Å². The van der Waals surface area contributed by atoms with Gasteiger partial charge in [-0.3, -0.25) is 4.79 Å². The Bertz CT molecular complexity index is 489. The highest BCUT2D eigenvalue weighted by Crippen LogP contribution is 2.29. The van der Waals surface area contributed by atoms with E-state index < -0.39 is 6.10 Å². The van der Waals surface area contributed by atoms with Crippen LogP contribution in [0.25, 0.3) is 0 Å². The van der Waals surface area contributed by atoms with Gasteiger partial charge in [-0.25, -0.2) is 4.39 Å². The molecule has 1 fully saturated rings. The van der Waals surface area contributed by atoms with Crippen molar-refractivity contribution in [2.75, 3.05) is 24.5 Å². The maximum absolute atomic E-state index is 13.6. The smallest absolute Gasteiger partial charge is 0.221 e. The number of nitrogens with one attached hydrogen (secondary N) is 1. The number of rotatable bonds is 2. The maximum Gasteiger partial charge on any atom is 0.221 e. The molecule has 0 aromatic heterocycles. The lowest BCUT2D eigenvalue weighted by Gasteiger charge is -2.26. The molecule has 5 heteroatoms. The zero-order valence-electron chi connectivity index (χ0n) is 11.2. The van der Waals surface area contributed by atoms with Gasteiger partial charge in [-0.15, -0.1) is 0 Å². The third kappa shape index (κ3) is 3.04. The number of nitrogens with zero attached hydrogens (tertiary/aromatic N) is 1. The Morgan fingerprint density at radius 1 is 1.42 bits per heavy atom. The second kappa shape index (κ2) is 5.57. The monoisotopic (exact) mass is 266 g/mol. The van der Waals surface area contributed by atoms with Crippen molar-refractivity contribution in [2.24, 2.45) is 0 Å². The quantitative estimate of drug-likeness (QED) is 0.853. The van der Waals surface area contributed by atoms with Crippen LogP contribution in [0.2, 0.25) is 0 Å². The lowest BCUT2D eigenvalue weighted by molar-refractivity contribution is -0.120. The average Bonchev–Trinajstić information content (AvgIpc) is 2.57. The number of carbonyl (C=O) groups excluding carboxylic acids is 1. The van der Waals surface area contributed by atoms with Crippen LogP contribution in [-0.4, -0.2) is 30.6 Å². The summed E-state index contributed by atoms with van der Waals surface area (Å²) >= 11 is 0. The number of hydrogen-bond donors (Lipinski definition) is 2. The van der Waals surface area contributed by atoms with Crippen molar-refractivity contribution in [1.82, 2.24) is 5.32 Å². The number of hydrogen-bond acceptors (Lipinski definition) is 3. The van der Waals surface area contributed by atoms with Gasteiger partial charge >= 0.3 is 0 Å². The van der Waals surface area contributed by atoms with E-state index in [1.807, 2.05) is 4.90 Å². The second-order valence-electron chi connectivity index (χ2n) is 4.92. The van der Waals surface area contributed by atoms with Gasteiger partial charge in [0.05, 0.1) is 6.10 Å². The van der Waals surface area contributed by atoms with E-state index >= 15 is 0 Å². The Labute approximate surface area is 112 Å². The van der Waals surface area contributed by atoms with Crippen molar-refractivity contribution in [3.63, 3.8) is 0 Å². The molecule has 1 atom stereocenters. The summed E-state index contributed by atoms with van der Waals surface area (Å²) in [6.07, 6.45) is -0.327. The molecule has 1 amide bonds. The van der Waals surface area contributed by atoms with Gasteiger partial charge in [0.15, 0.2) is 0 Å². The first-order valence-corrected chi connectivity index (χ1v) is 6.49. The fourth-order valence-electron chi connectivity index (χ4n) is 2.30. The third-order valence-electron chi connectivity index (χ3n) is 3.41. The van der Waals surface area contributed by atoms with Crippen molar-refractivity contribution in [3.8, 4) is 0 Å². The van der Waals surface area contributed by atoms with Crippen LogP contribution in [0.5, 0.6) is 0 Å². The van der Waals surface area contributed by atoms with Gasteiger partial charge < -0.3 is 15.3 Å². The van der Waals surface area contributed by atoms with E-state index in [-0.39, 0.29) is 11.7 Å². The summed E-state index contributed by atoms with van der Waals surface area (Å²) < 4.78 is 13.6. The van der Waals surface area contributed by atoms with Crippen LogP contribution in [0, 0.1) is 12.7 Å². The Hall–Kier alpha value is -1.62. The predicted molar refractivity (Wildman–Crippen MR) is 71.6 cm³/mol. The second-order valence-corrected chi connectivity index (χ2v) is 4.92. The average molecular weight is 266 g/mol. The summed E-state index contributed by atoms with van der Waals surface area (Å²) in [7, 11) is 0. The Balaban J connectivity index is 2.36. The van der Waals surface area contributed by atoms with Gasteiger partial charge in [-0.05, 0) is 31.5 Å². The van der Waals surface area contributed by atoms with Crippen molar-refractivity contribution in [2.45, 2.75) is 26.4 Å². The lowest BCUT2D eigenvalue weighted by atomic mass is 10.0. The van der Waals surface area contributed by atoms with Crippen molar-refractivity contribution >= 4 is 11.6 Å². The molecule has 1 heterocycles. The molecular formula is C14H19FN2O2. The summed E-state index contributed by atoms with van der Waals surface area (Å²) in [5, 5.41) is 12.6. The van der Waals surface area contributed by atoms with Gasteiger partial charge in [-0.2, -0.15) is 0 Å². The summed E-state index contributed by atoms with van der Waals surface area (Å²) in [5.41, 5.74) is 1.92. The number of aliphatic hydroxyl groups is 1. The summed E-state index contributed by atoms with van der Waals surface area (Å²) in [5.74, 6) is -0.288. The number of halogens is 1.